The molecule has 5 nitrogen and oxygen atoms in total. The summed E-state index contributed by atoms with van der Waals surface area (Å²) in [5.41, 5.74) is 2.79. The van der Waals surface area contributed by atoms with Crippen molar-refractivity contribution >= 4 is 15.9 Å². The molecule has 0 bridgehead atoms. The number of nitrogens with zero attached hydrogens (tertiary/aromatic N) is 2. The Morgan fingerprint density at radius 2 is 1.63 bits per heavy atom. The topological polar surface area (TPSA) is 57.7 Å². The van der Waals surface area contributed by atoms with E-state index in [1.54, 1.807) is 4.90 Å². The Hall–Kier alpha value is -2.25. The Bertz CT molecular complexity index is 942. The molecule has 0 N–H and O–H groups in total. The molecule has 7 heteroatoms. The van der Waals surface area contributed by atoms with Crippen LogP contribution in [0.3, 0.4) is 0 Å². The smallest absolute Gasteiger partial charge is 0.253 e. The highest BCUT2D eigenvalue weighted by Gasteiger charge is 2.28. The third kappa shape index (κ3) is 4.20. The first kappa shape index (κ1) is 19.5. The molecule has 0 radical (unpaired) electrons. The van der Waals surface area contributed by atoms with Crippen molar-refractivity contribution in [3.8, 4) is 0 Å². The van der Waals surface area contributed by atoms with E-state index in [1.807, 2.05) is 32.0 Å². The summed E-state index contributed by atoms with van der Waals surface area (Å²) >= 11 is 0. The lowest BCUT2D eigenvalue weighted by Crippen LogP contribution is -2.37. The van der Waals surface area contributed by atoms with E-state index in [0.29, 0.717) is 31.6 Å². The van der Waals surface area contributed by atoms with Crippen LogP contribution < -0.4 is 0 Å². The first-order valence-electron chi connectivity index (χ1n) is 8.91. The van der Waals surface area contributed by atoms with Gasteiger partial charge < -0.3 is 4.90 Å². The standard InChI is InChI=1S/C20H23FN2O3S/c1-15-4-5-17(14-16(15)2)20(24)22-10-3-11-23(13-12-22)27(25,26)19-8-6-18(21)7-9-19/h4-9,14H,3,10-13H2,1-2H3. The van der Waals surface area contributed by atoms with E-state index in [2.05, 4.69) is 0 Å². The number of benzene rings is 2. The van der Waals surface area contributed by atoms with Crippen LogP contribution in [0.15, 0.2) is 47.4 Å². The molecular weight excluding hydrogens is 367 g/mol. The van der Waals surface area contributed by atoms with Gasteiger partial charge in [-0.3, -0.25) is 4.79 Å². The van der Waals surface area contributed by atoms with Gasteiger partial charge in [0.05, 0.1) is 4.90 Å². The van der Waals surface area contributed by atoms with Gasteiger partial charge in [0.15, 0.2) is 0 Å². The number of amides is 1. The molecule has 0 saturated carbocycles. The number of hydrogen-bond donors (Lipinski definition) is 0. The summed E-state index contributed by atoms with van der Waals surface area (Å²) in [6, 6.07) is 10.4. The molecule has 0 spiro atoms. The van der Waals surface area contributed by atoms with Crippen LogP contribution in [0.25, 0.3) is 0 Å². The molecule has 1 fully saturated rings. The van der Waals surface area contributed by atoms with Gasteiger partial charge in [0.25, 0.3) is 5.91 Å². The molecule has 1 aliphatic rings. The first-order valence-corrected chi connectivity index (χ1v) is 10.4. The largest absolute Gasteiger partial charge is 0.337 e. The van der Waals surface area contributed by atoms with Gasteiger partial charge in [-0.2, -0.15) is 4.31 Å². The van der Waals surface area contributed by atoms with Crippen molar-refractivity contribution in [2.24, 2.45) is 0 Å². The van der Waals surface area contributed by atoms with E-state index in [0.717, 1.165) is 23.3 Å². The number of carbonyl (C=O) groups is 1. The van der Waals surface area contributed by atoms with Gasteiger partial charge >= 0.3 is 0 Å². The highest BCUT2D eigenvalue weighted by Crippen LogP contribution is 2.19. The first-order chi connectivity index (χ1) is 12.8. The minimum absolute atomic E-state index is 0.0674. The zero-order valence-electron chi connectivity index (χ0n) is 15.5. The normalized spacial score (nSPS) is 16.2. The second kappa shape index (κ2) is 7.78. The van der Waals surface area contributed by atoms with Crippen molar-refractivity contribution in [3.05, 3.63) is 65.0 Å². The quantitative estimate of drug-likeness (QED) is 0.810. The van der Waals surface area contributed by atoms with E-state index >= 15 is 0 Å². The summed E-state index contributed by atoms with van der Waals surface area (Å²) < 4.78 is 40.0. The minimum atomic E-state index is -3.70. The molecule has 1 aliphatic heterocycles. The van der Waals surface area contributed by atoms with Gasteiger partial charge in [0, 0.05) is 31.7 Å². The van der Waals surface area contributed by atoms with Crippen molar-refractivity contribution in [2.75, 3.05) is 26.2 Å². The molecule has 0 aliphatic carbocycles. The van der Waals surface area contributed by atoms with Crippen LogP contribution in [0, 0.1) is 19.7 Å². The molecule has 144 valence electrons. The molecule has 3 rings (SSSR count). The van der Waals surface area contributed by atoms with E-state index in [-0.39, 0.29) is 17.3 Å². The van der Waals surface area contributed by atoms with Crippen LogP contribution in [0.5, 0.6) is 0 Å². The van der Waals surface area contributed by atoms with Crippen molar-refractivity contribution < 1.29 is 17.6 Å². The lowest BCUT2D eigenvalue weighted by atomic mass is 10.1. The minimum Gasteiger partial charge on any atom is -0.337 e. The van der Waals surface area contributed by atoms with Crippen LogP contribution in [-0.4, -0.2) is 49.7 Å². The maximum absolute atomic E-state index is 13.1. The maximum Gasteiger partial charge on any atom is 0.253 e. The number of rotatable bonds is 3. The summed E-state index contributed by atoms with van der Waals surface area (Å²) in [6.45, 7) is 5.33. The predicted molar refractivity (Wildman–Crippen MR) is 102 cm³/mol. The number of aryl methyl sites for hydroxylation is 2. The Labute approximate surface area is 159 Å². The van der Waals surface area contributed by atoms with Gasteiger partial charge in [-0.05, 0) is 67.8 Å². The molecule has 2 aromatic rings. The van der Waals surface area contributed by atoms with Crippen molar-refractivity contribution in [3.63, 3.8) is 0 Å². The van der Waals surface area contributed by atoms with Crippen molar-refractivity contribution in [1.29, 1.82) is 0 Å². The second-order valence-corrected chi connectivity index (χ2v) is 8.74. The Morgan fingerprint density at radius 3 is 2.30 bits per heavy atom. The fourth-order valence-corrected chi connectivity index (χ4v) is 4.62. The van der Waals surface area contributed by atoms with Gasteiger partial charge in [-0.1, -0.05) is 6.07 Å². The summed E-state index contributed by atoms with van der Waals surface area (Å²) in [5.74, 6) is -0.561. The Balaban J connectivity index is 1.74. The van der Waals surface area contributed by atoms with E-state index < -0.39 is 15.8 Å². The van der Waals surface area contributed by atoms with Crippen LogP contribution in [0.4, 0.5) is 4.39 Å². The van der Waals surface area contributed by atoms with Gasteiger partial charge in [-0.15, -0.1) is 0 Å². The second-order valence-electron chi connectivity index (χ2n) is 6.80. The van der Waals surface area contributed by atoms with Gasteiger partial charge in [0.1, 0.15) is 5.82 Å². The van der Waals surface area contributed by atoms with Gasteiger partial charge in [0.2, 0.25) is 10.0 Å². The zero-order valence-corrected chi connectivity index (χ0v) is 16.3. The van der Waals surface area contributed by atoms with E-state index in [1.165, 1.54) is 16.4 Å². The summed E-state index contributed by atoms with van der Waals surface area (Å²) in [7, 11) is -3.70. The Kier molecular flexibility index (Phi) is 5.62. The number of halogens is 1. The van der Waals surface area contributed by atoms with Crippen LogP contribution >= 0.6 is 0 Å². The highest BCUT2D eigenvalue weighted by molar-refractivity contribution is 7.89. The third-order valence-electron chi connectivity index (χ3n) is 4.95. The van der Waals surface area contributed by atoms with Crippen LogP contribution in [0.2, 0.25) is 0 Å². The van der Waals surface area contributed by atoms with Crippen LogP contribution in [0.1, 0.15) is 27.9 Å². The van der Waals surface area contributed by atoms with Crippen LogP contribution in [-0.2, 0) is 10.0 Å². The fraction of sp³-hybridized carbons (Fsp3) is 0.350. The molecule has 0 unspecified atom stereocenters. The van der Waals surface area contributed by atoms with Crippen molar-refractivity contribution in [2.45, 2.75) is 25.2 Å². The molecule has 27 heavy (non-hydrogen) atoms. The average molecular weight is 390 g/mol. The SMILES string of the molecule is Cc1ccc(C(=O)N2CCCN(S(=O)(=O)c3ccc(F)cc3)CC2)cc1C. The fourth-order valence-electron chi connectivity index (χ4n) is 3.15. The summed E-state index contributed by atoms with van der Waals surface area (Å²) in [6.07, 6.45) is 0.553. The lowest BCUT2D eigenvalue weighted by Gasteiger charge is -2.22. The Morgan fingerprint density at radius 1 is 0.926 bits per heavy atom. The summed E-state index contributed by atoms with van der Waals surface area (Å²) in [4.78, 5) is 14.6. The molecule has 2 aromatic carbocycles. The molecule has 1 heterocycles. The highest BCUT2D eigenvalue weighted by atomic mass is 32.2. The monoisotopic (exact) mass is 390 g/mol. The number of sulfonamides is 1. The predicted octanol–water partition coefficient (Wildman–Crippen LogP) is 2.98. The van der Waals surface area contributed by atoms with E-state index in [9.17, 15) is 17.6 Å². The lowest BCUT2D eigenvalue weighted by molar-refractivity contribution is 0.0764. The molecule has 1 saturated heterocycles. The molecule has 1 amide bonds. The maximum atomic E-state index is 13.1. The van der Waals surface area contributed by atoms with Gasteiger partial charge in [-0.25, -0.2) is 12.8 Å². The van der Waals surface area contributed by atoms with E-state index in [4.69, 9.17) is 0 Å². The number of carbonyl (C=O) groups excluding carboxylic acids is 1. The molecule has 0 aromatic heterocycles. The summed E-state index contributed by atoms with van der Waals surface area (Å²) in [5, 5.41) is 0. The zero-order chi connectivity index (χ0) is 19.6. The average Bonchev–Trinajstić information content (AvgIpc) is 2.90. The number of hydrogen-bond acceptors (Lipinski definition) is 3. The molecule has 0 atom stereocenters. The third-order valence-corrected chi connectivity index (χ3v) is 6.86. The van der Waals surface area contributed by atoms with Crippen molar-refractivity contribution in [1.82, 2.24) is 9.21 Å². The molecular formula is C20H23FN2O3S.